The minimum atomic E-state index is -3.40. The molecule has 0 radical (unpaired) electrons. The second kappa shape index (κ2) is 5.46. The first-order chi connectivity index (χ1) is 9.61. The van der Waals surface area contributed by atoms with Gasteiger partial charge in [0.15, 0.2) is 0 Å². The summed E-state index contributed by atoms with van der Waals surface area (Å²) < 4.78 is 28.4. The number of sulfonamides is 1. The van der Waals surface area contributed by atoms with Crippen LogP contribution in [0.3, 0.4) is 0 Å². The van der Waals surface area contributed by atoms with Crippen LogP contribution in [0, 0.1) is 11.8 Å². The molecular weight excluding hydrogens is 278 g/mol. The van der Waals surface area contributed by atoms with E-state index >= 15 is 0 Å². The molecule has 0 spiro atoms. The molecule has 2 atom stereocenters. The van der Waals surface area contributed by atoms with E-state index in [9.17, 15) is 8.42 Å². The molecule has 1 saturated carbocycles. The van der Waals surface area contributed by atoms with E-state index in [1.165, 1.54) is 12.6 Å². The van der Waals surface area contributed by atoms with Gasteiger partial charge in [-0.15, -0.1) is 0 Å². The molecule has 2 heterocycles. The van der Waals surface area contributed by atoms with E-state index in [1.54, 1.807) is 15.2 Å². The van der Waals surface area contributed by atoms with Crippen LogP contribution in [-0.4, -0.2) is 47.3 Å². The van der Waals surface area contributed by atoms with Crippen molar-refractivity contribution < 1.29 is 13.5 Å². The van der Waals surface area contributed by atoms with Crippen molar-refractivity contribution in [2.45, 2.75) is 37.1 Å². The summed E-state index contributed by atoms with van der Waals surface area (Å²) in [6.45, 7) is 1.94. The Kier molecular flexibility index (Phi) is 3.83. The first-order valence-electron chi connectivity index (χ1n) is 7.25. The van der Waals surface area contributed by atoms with E-state index in [2.05, 4.69) is 5.10 Å². The van der Waals surface area contributed by atoms with Crippen LogP contribution < -0.4 is 0 Å². The highest BCUT2D eigenvalue weighted by Crippen LogP contribution is 2.39. The summed E-state index contributed by atoms with van der Waals surface area (Å²) in [5.74, 6) is 1.10. The van der Waals surface area contributed by atoms with Crippen molar-refractivity contribution in [1.82, 2.24) is 14.1 Å². The summed E-state index contributed by atoms with van der Waals surface area (Å²) in [5, 5.41) is 12.9. The minimum Gasteiger partial charge on any atom is -0.396 e. The fourth-order valence-corrected chi connectivity index (χ4v) is 4.88. The fourth-order valence-electron chi connectivity index (χ4n) is 3.37. The molecule has 6 nitrogen and oxygen atoms in total. The monoisotopic (exact) mass is 299 g/mol. The first-order valence-corrected chi connectivity index (χ1v) is 8.69. The summed E-state index contributed by atoms with van der Waals surface area (Å²) in [5.41, 5.74) is 0. The lowest BCUT2D eigenvalue weighted by molar-refractivity contribution is 0.277. The zero-order valence-electron chi connectivity index (χ0n) is 11.5. The number of fused-ring (bicyclic) bond motifs is 1. The van der Waals surface area contributed by atoms with Crippen molar-refractivity contribution in [2.75, 3.05) is 19.7 Å². The fraction of sp³-hybridized carbons (Fsp3) is 0.769. The highest BCUT2D eigenvalue weighted by molar-refractivity contribution is 7.89. The maximum atomic E-state index is 12.6. The van der Waals surface area contributed by atoms with Gasteiger partial charge >= 0.3 is 0 Å². The largest absolute Gasteiger partial charge is 0.396 e. The Morgan fingerprint density at radius 1 is 1.30 bits per heavy atom. The van der Waals surface area contributed by atoms with Gasteiger partial charge in [-0.1, -0.05) is 6.42 Å². The molecule has 0 aromatic carbocycles. The summed E-state index contributed by atoms with van der Waals surface area (Å²) in [4.78, 5) is 0.274. The Balaban J connectivity index is 1.73. The van der Waals surface area contributed by atoms with Gasteiger partial charge in [0.1, 0.15) is 4.90 Å². The van der Waals surface area contributed by atoms with E-state index in [0.29, 0.717) is 37.9 Å². The zero-order chi connectivity index (χ0) is 14.2. The molecule has 2 fully saturated rings. The van der Waals surface area contributed by atoms with Crippen molar-refractivity contribution in [3.05, 3.63) is 12.4 Å². The van der Waals surface area contributed by atoms with E-state index < -0.39 is 10.0 Å². The number of nitrogens with zero attached hydrogens (tertiary/aromatic N) is 3. The molecular formula is C13H21N3O3S. The SMILES string of the molecule is O=S(=O)(c1cnn(CCCO)c1)N1CC2CCCC2C1. The van der Waals surface area contributed by atoms with Crippen molar-refractivity contribution in [1.29, 1.82) is 0 Å². The molecule has 1 saturated heterocycles. The van der Waals surface area contributed by atoms with Crippen LogP contribution in [0.25, 0.3) is 0 Å². The maximum absolute atomic E-state index is 12.6. The van der Waals surface area contributed by atoms with Gasteiger partial charge in [0.2, 0.25) is 10.0 Å². The van der Waals surface area contributed by atoms with Gasteiger partial charge < -0.3 is 5.11 Å². The topological polar surface area (TPSA) is 75.4 Å². The third-order valence-corrected chi connectivity index (χ3v) is 6.27. The van der Waals surface area contributed by atoms with Crippen LogP contribution in [0.15, 0.2) is 17.3 Å². The smallest absolute Gasteiger partial charge is 0.246 e. The summed E-state index contributed by atoms with van der Waals surface area (Å²) in [6, 6.07) is 0. The molecule has 7 heteroatoms. The Morgan fingerprint density at radius 2 is 2.00 bits per heavy atom. The lowest BCUT2D eigenvalue weighted by atomic mass is 10.0. The Hall–Kier alpha value is -0.920. The molecule has 0 bridgehead atoms. The average Bonchev–Trinajstić information content (AvgIpc) is 3.10. The predicted molar refractivity (Wildman–Crippen MR) is 73.5 cm³/mol. The minimum absolute atomic E-state index is 0.0808. The molecule has 3 rings (SSSR count). The maximum Gasteiger partial charge on any atom is 0.246 e. The second-order valence-corrected chi connectivity index (χ2v) is 7.73. The summed E-state index contributed by atoms with van der Waals surface area (Å²) in [7, 11) is -3.40. The molecule has 1 aliphatic carbocycles. The number of hydrogen-bond donors (Lipinski definition) is 1. The van der Waals surface area contributed by atoms with Gasteiger partial charge in [0.05, 0.1) is 6.20 Å². The molecule has 0 amide bonds. The van der Waals surface area contributed by atoms with Crippen molar-refractivity contribution in [3.8, 4) is 0 Å². The van der Waals surface area contributed by atoms with E-state index in [-0.39, 0.29) is 11.5 Å². The number of aliphatic hydroxyl groups excluding tert-OH is 1. The highest BCUT2D eigenvalue weighted by Gasteiger charge is 2.41. The molecule has 1 N–H and O–H groups in total. The van der Waals surface area contributed by atoms with Crippen LogP contribution in [0.1, 0.15) is 25.7 Å². The van der Waals surface area contributed by atoms with Gasteiger partial charge in [-0.3, -0.25) is 4.68 Å². The van der Waals surface area contributed by atoms with E-state index in [0.717, 1.165) is 12.8 Å². The van der Waals surface area contributed by atoms with Crippen LogP contribution in [0.2, 0.25) is 0 Å². The number of aryl methyl sites for hydroxylation is 1. The Bertz CT molecular complexity index is 557. The molecule has 1 aromatic heterocycles. The number of aliphatic hydroxyl groups is 1. The van der Waals surface area contributed by atoms with E-state index in [1.807, 2.05) is 0 Å². The predicted octanol–water partition coefficient (Wildman–Crippen LogP) is 0.686. The van der Waals surface area contributed by atoms with Gasteiger partial charge in [-0.05, 0) is 31.1 Å². The normalized spacial score (nSPS) is 27.1. The molecule has 1 aromatic rings. The number of rotatable bonds is 5. The van der Waals surface area contributed by atoms with Crippen LogP contribution in [-0.2, 0) is 16.6 Å². The molecule has 2 unspecified atom stereocenters. The lowest BCUT2D eigenvalue weighted by Crippen LogP contribution is -2.29. The van der Waals surface area contributed by atoms with Gasteiger partial charge in [0, 0.05) is 32.4 Å². The van der Waals surface area contributed by atoms with Gasteiger partial charge in [0.25, 0.3) is 0 Å². The Morgan fingerprint density at radius 3 is 2.65 bits per heavy atom. The summed E-state index contributed by atoms with van der Waals surface area (Å²) >= 11 is 0. The van der Waals surface area contributed by atoms with Crippen molar-refractivity contribution >= 4 is 10.0 Å². The zero-order valence-corrected chi connectivity index (χ0v) is 12.3. The third-order valence-electron chi connectivity index (χ3n) is 4.49. The van der Waals surface area contributed by atoms with Gasteiger partial charge in [-0.25, -0.2) is 8.42 Å². The molecule has 112 valence electrons. The molecule has 20 heavy (non-hydrogen) atoms. The first kappa shape index (κ1) is 14.0. The van der Waals surface area contributed by atoms with Crippen LogP contribution in [0.5, 0.6) is 0 Å². The van der Waals surface area contributed by atoms with Crippen LogP contribution in [0.4, 0.5) is 0 Å². The quantitative estimate of drug-likeness (QED) is 0.868. The highest BCUT2D eigenvalue weighted by atomic mass is 32.2. The van der Waals surface area contributed by atoms with E-state index in [4.69, 9.17) is 5.11 Å². The second-order valence-electron chi connectivity index (χ2n) is 5.79. The standard InChI is InChI=1S/C13H21N3O3S/c17-6-2-5-15-10-13(7-14-15)20(18,19)16-8-11-3-1-4-12(11)9-16/h7,10-12,17H,1-6,8-9H2. The third kappa shape index (κ3) is 2.49. The Labute approximate surface area is 119 Å². The van der Waals surface area contributed by atoms with Crippen molar-refractivity contribution in [2.24, 2.45) is 11.8 Å². The van der Waals surface area contributed by atoms with Crippen molar-refractivity contribution in [3.63, 3.8) is 0 Å². The van der Waals surface area contributed by atoms with Crippen LogP contribution >= 0.6 is 0 Å². The summed E-state index contributed by atoms with van der Waals surface area (Å²) in [6.07, 6.45) is 7.12. The molecule has 2 aliphatic rings. The average molecular weight is 299 g/mol. The molecule has 1 aliphatic heterocycles. The number of aromatic nitrogens is 2. The van der Waals surface area contributed by atoms with Gasteiger partial charge in [-0.2, -0.15) is 9.40 Å². The lowest BCUT2D eigenvalue weighted by Gasteiger charge is -2.15. The number of hydrogen-bond acceptors (Lipinski definition) is 4.